The van der Waals surface area contributed by atoms with Crippen molar-refractivity contribution in [2.75, 3.05) is 30.3 Å². The van der Waals surface area contributed by atoms with Crippen molar-refractivity contribution in [3.05, 3.63) is 64.3 Å². The van der Waals surface area contributed by atoms with E-state index in [0.29, 0.717) is 40.4 Å². The fourth-order valence-electron chi connectivity index (χ4n) is 3.67. The number of hydrogen-bond acceptors (Lipinski definition) is 4. The van der Waals surface area contributed by atoms with E-state index in [1.807, 2.05) is 47.6 Å². The highest BCUT2D eigenvalue weighted by molar-refractivity contribution is 6.42. The van der Waals surface area contributed by atoms with E-state index in [4.69, 9.17) is 33.0 Å². The van der Waals surface area contributed by atoms with Gasteiger partial charge in [0.05, 0.1) is 28.0 Å². The molecule has 38 heavy (non-hydrogen) atoms. The average molecular weight is 561 g/mol. The van der Waals surface area contributed by atoms with Crippen LogP contribution in [0.2, 0.25) is 10.0 Å². The van der Waals surface area contributed by atoms with Crippen LogP contribution in [0.4, 0.5) is 16.3 Å². The Kier molecular flexibility index (Phi) is 9.68. The maximum absolute atomic E-state index is 13.2. The predicted molar refractivity (Wildman–Crippen MR) is 154 cm³/mol. The van der Waals surface area contributed by atoms with Gasteiger partial charge in [0.15, 0.2) is 0 Å². The number of rotatable bonds is 9. The molecule has 2 aromatic carbocycles. The molecule has 0 spiro atoms. The summed E-state index contributed by atoms with van der Waals surface area (Å²) in [5, 5.41) is 11.3. The van der Waals surface area contributed by atoms with Gasteiger partial charge in [-0.25, -0.2) is 9.48 Å². The van der Waals surface area contributed by atoms with Crippen LogP contribution in [-0.4, -0.2) is 46.3 Å². The average Bonchev–Trinajstić information content (AvgIpc) is 3.26. The van der Waals surface area contributed by atoms with Crippen LogP contribution in [0.3, 0.4) is 0 Å². The van der Waals surface area contributed by atoms with Crippen LogP contribution < -0.4 is 15.4 Å². The number of nitrogens with zero attached hydrogens (tertiary/aromatic N) is 3. The standard InChI is InChI=1S/C28H35Cl2N5O3/c1-7-38-21-11-8-19(9-12-21)31-27(37)34(16-18(2)3)17-26(36)32-25-15-24(28(4,5)6)33-35(25)20-10-13-22(29)23(30)14-20/h8-15,18H,7,16-17H2,1-6H3,(H,31,37)(H,32,36). The molecular weight excluding hydrogens is 525 g/mol. The number of aromatic nitrogens is 2. The molecule has 1 heterocycles. The molecule has 2 N–H and O–H groups in total. The zero-order valence-corrected chi connectivity index (χ0v) is 24.2. The lowest BCUT2D eigenvalue weighted by molar-refractivity contribution is -0.116. The highest BCUT2D eigenvalue weighted by Crippen LogP contribution is 2.29. The molecule has 3 aromatic rings. The number of nitrogens with one attached hydrogen (secondary N) is 2. The van der Waals surface area contributed by atoms with Gasteiger partial charge in [0.1, 0.15) is 18.1 Å². The topological polar surface area (TPSA) is 88.5 Å². The summed E-state index contributed by atoms with van der Waals surface area (Å²) in [4.78, 5) is 27.8. The maximum Gasteiger partial charge on any atom is 0.322 e. The molecule has 1 aromatic heterocycles. The zero-order chi connectivity index (χ0) is 28.0. The summed E-state index contributed by atoms with van der Waals surface area (Å²) in [5.74, 6) is 0.990. The van der Waals surface area contributed by atoms with Gasteiger partial charge in [0, 0.05) is 23.7 Å². The van der Waals surface area contributed by atoms with Gasteiger partial charge in [0.2, 0.25) is 5.91 Å². The van der Waals surface area contributed by atoms with Crippen molar-refractivity contribution in [3.63, 3.8) is 0 Å². The third-order valence-electron chi connectivity index (χ3n) is 5.52. The normalized spacial score (nSPS) is 11.4. The van der Waals surface area contributed by atoms with Gasteiger partial charge in [-0.3, -0.25) is 4.79 Å². The van der Waals surface area contributed by atoms with Crippen molar-refractivity contribution in [1.82, 2.24) is 14.7 Å². The van der Waals surface area contributed by atoms with E-state index < -0.39 is 0 Å². The second kappa shape index (κ2) is 12.5. The number of ether oxygens (including phenoxy) is 1. The van der Waals surface area contributed by atoms with E-state index in [1.165, 1.54) is 4.90 Å². The van der Waals surface area contributed by atoms with Crippen LogP contribution in [0.5, 0.6) is 5.75 Å². The number of anilines is 2. The quantitative estimate of drug-likeness (QED) is 0.295. The summed E-state index contributed by atoms with van der Waals surface area (Å²) in [7, 11) is 0. The minimum Gasteiger partial charge on any atom is -0.494 e. The van der Waals surface area contributed by atoms with Gasteiger partial charge in [-0.1, -0.05) is 57.8 Å². The van der Waals surface area contributed by atoms with Gasteiger partial charge in [-0.05, 0) is 55.3 Å². The van der Waals surface area contributed by atoms with Crippen LogP contribution in [0, 0.1) is 5.92 Å². The molecule has 0 aliphatic heterocycles. The smallest absolute Gasteiger partial charge is 0.322 e. The first kappa shape index (κ1) is 29.3. The van der Waals surface area contributed by atoms with Gasteiger partial charge < -0.3 is 20.3 Å². The number of halogens is 2. The molecule has 0 unspecified atom stereocenters. The molecule has 0 bridgehead atoms. The number of urea groups is 1. The molecule has 0 radical (unpaired) electrons. The highest BCUT2D eigenvalue weighted by atomic mass is 35.5. The molecule has 0 saturated carbocycles. The molecule has 3 rings (SSSR count). The molecule has 0 aliphatic carbocycles. The first-order valence-electron chi connectivity index (χ1n) is 12.5. The van der Waals surface area contributed by atoms with Gasteiger partial charge in [-0.2, -0.15) is 5.10 Å². The third-order valence-corrected chi connectivity index (χ3v) is 6.26. The molecule has 0 fully saturated rings. The Morgan fingerprint density at radius 1 is 1.03 bits per heavy atom. The Balaban J connectivity index is 1.80. The zero-order valence-electron chi connectivity index (χ0n) is 22.6. The second-order valence-electron chi connectivity index (χ2n) is 10.4. The minimum absolute atomic E-state index is 0.140. The van der Waals surface area contributed by atoms with E-state index in [9.17, 15) is 9.59 Å². The summed E-state index contributed by atoms with van der Waals surface area (Å²) in [5.41, 5.74) is 1.78. The monoisotopic (exact) mass is 559 g/mol. The highest BCUT2D eigenvalue weighted by Gasteiger charge is 2.24. The molecule has 0 saturated heterocycles. The number of benzene rings is 2. The fourth-order valence-corrected chi connectivity index (χ4v) is 3.96. The SMILES string of the molecule is CCOc1ccc(NC(=O)N(CC(=O)Nc2cc(C(C)(C)C)nn2-c2ccc(Cl)c(Cl)c2)CC(C)C)cc1. The van der Waals surface area contributed by atoms with Gasteiger partial charge in [0.25, 0.3) is 0 Å². The fraction of sp³-hybridized carbons (Fsp3) is 0.393. The number of hydrogen-bond donors (Lipinski definition) is 2. The molecule has 0 atom stereocenters. The van der Waals surface area contributed by atoms with Crippen molar-refractivity contribution in [2.45, 2.75) is 47.0 Å². The number of carbonyl (C=O) groups is 2. The summed E-state index contributed by atoms with van der Waals surface area (Å²) >= 11 is 12.3. The van der Waals surface area contributed by atoms with Gasteiger partial charge >= 0.3 is 6.03 Å². The number of carbonyl (C=O) groups excluding carboxylic acids is 2. The van der Waals surface area contributed by atoms with Crippen molar-refractivity contribution in [1.29, 1.82) is 0 Å². The second-order valence-corrected chi connectivity index (χ2v) is 11.2. The Bertz CT molecular complexity index is 1270. The lowest BCUT2D eigenvalue weighted by Gasteiger charge is -2.24. The lowest BCUT2D eigenvalue weighted by atomic mass is 9.92. The molecule has 0 aliphatic rings. The third kappa shape index (κ3) is 7.88. The Morgan fingerprint density at radius 2 is 1.71 bits per heavy atom. The predicted octanol–water partition coefficient (Wildman–Crippen LogP) is 7.00. The summed E-state index contributed by atoms with van der Waals surface area (Å²) in [6, 6.07) is 13.7. The van der Waals surface area contributed by atoms with E-state index in [2.05, 4.69) is 10.6 Å². The molecule has 10 heteroatoms. The number of amides is 3. The van der Waals surface area contributed by atoms with E-state index in [0.717, 1.165) is 11.4 Å². The van der Waals surface area contributed by atoms with Crippen LogP contribution >= 0.6 is 23.2 Å². The van der Waals surface area contributed by atoms with Gasteiger partial charge in [-0.15, -0.1) is 0 Å². The lowest BCUT2D eigenvalue weighted by Crippen LogP contribution is -2.42. The van der Waals surface area contributed by atoms with Crippen molar-refractivity contribution in [3.8, 4) is 11.4 Å². The summed E-state index contributed by atoms with van der Waals surface area (Å²) < 4.78 is 7.07. The van der Waals surface area contributed by atoms with Crippen molar-refractivity contribution in [2.24, 2.45) is 5.92 Å². The van der Waals surface area contributed by atoms with Crippen LogP contribution in [0.1, 0.15) is 47.2 Å². The Hall–Kier alpha value is -3.23. The van der Waals surface area contributed by atoms with E-state index in [1.54, 1.807) is 47.1 Å². The van der Waals surface area contributed by atoms with Crippen LogP contribution in [0.15, 0.2) is 48.5 Å². The van der Waals surface area contributed by atoms with E-state index in [-0.39, 0.29) is 29.8 Å². The molecular formula is C28H35Cl2N5O3. The summed E-state index contributed by atoms with van der Waals surface area (Å²) in [6.45, 7) is 12.8. The van der Waals surface area contributed by atoms with Crippen LogP contribution in [0.25, 0.3) is 5.69 Å². The maximum atomic E-state index is 13.2. The summed E-state index contributed by atoms with van der Waals surface area (Å²) in [6.07, 6.45) is 0. The van der Waals surface area contributed by atoms with E-state index >= 15 is 0 Å². The minimum atomic E-state index is -0.369. The van der Waals surface area contributed by atoms with Crippen molar-refractivity contribution < 1.29 is 14.3 Å². The Morgan fingerprint density at radius 3 is 2.29 bits per heavy atom. The molecule has 8 nitrogen and oxygen atoms in total. The molecule has 3 amide bonds. The largest absolute Gasteiger partial charge is 0.494 e. The first-order chi connectivity index (χ1) is 17.9. The molecule has 204 valence electrons. The first-order valence-corrected chi connectivity index (χ1v) is 13.3. The van der Waals surface area contributed by atoms with Crippen LogP contribution in [-0.2, 0) is 10.2 Å². The Labute approximate surface area is 234 Å². The van der Waals surface area contributed by atoms with Crippen molar-refractivity contribution >= 4 is 46.6 Å².